The van der Waals surface area contributed by atoms with Crippen molar-refractivity contribution in [3.05, 3.63) is 100.0 Å². The quantitative estimate of drug-likeness (QED) is 0.142. The van der Waals surface area contributed by atoms with E-state index in [0.29, 0.717) is 60.9 Å². The van der Waals surface area contributed by atoms with E-state index < -0.39 is 46.5 Å². The average molecular weight is 824 g/mol. The number of aromatic nitrogens is 2. The Balaban J connectivity index is 1.17. The van der Waals surface area contributed by atoms with Crippen molar-refractivity contribution >= 4 is 11.5 Å². The number of aliphatic hydroxyl groups is 1. The fourth-order valence-electron chi connectivity index (χ4n) is 9.31. The number of benzene rings is 3. The summed E-state index contributed by atoms with van der Waals surface area (Å²) >= 11 is 0. The van der Waals surface area contributed by atoms with Crippen LogP contribution in [0.3, 0.4) is 0 Å². The van der Waals surface area contributed by atoms with Crippen LogP contribution < -0.4 is 24.0 Å². The van der Waals surface area contributed by atoms with Crippen molar-refractivity contribution in [2.75, 3.05) is 56.8 Å². The zero-order valence-corrected chi connectivity index (χ0v) is 33.5. The smallest absolute Gasteiger partial charge is 0.416 e. The molecule has 59 heavy (non-hydrogen) atoms. The molecule has 0 bridgehead atoms. The van der Waals surface area contributed by atoms with Gasteiger partial charge < -0.3 is 33.9 Å². The number of alkyl halides is 4. The highest BCUT2D eigenvalue weighted by Crippen LogP contribution is 2.45. The van der Waals surface area contributed by atoms with Gasteiger partial charge in [-0.2, -0.15) is 23.1 Å². The van der Waals surface area contributed by atoms with Gasteiger partial charge in [0.25, 0.3) is 0 Å². The van der Waals surface area contributed by atoms with Gasteiger partial charge in [0.05, 0.1) is 55.0 Å². The SMILES string of the molecule is COc1ccc(CN(Cc2ccc(OC)cc2)c2ccc(C(F)(F)F)c(C3Cc4nc(OC[C@@]56CCCN5C[C@H](F)C6)nc(N5CCCC(C)(O)C5)c4CO3)c2F)cc1. The molecule has 3 fully saturated rings. The first-order chi connectivity index (χ1) is 28.2. The third-order valence-electron chi connectivity index (χ3n) is 12.3. The summed E-state index contributed by atoms with van der Waals surface area (Å²) in [6.07, 6.45) is -4.16. The molecule has 5 heterocycles. The molecule has 4 atom stereocenters. The van der Waals surface area contributed by atoms with Crippen LogP contribution in [-0.2, 0) is 37.0 Å². The van der Waals surface area contributed by atoms with Crippen molar-refractivity contribution in [1.82, 2.24) is 14.9 Å². The number of anilines is 2. The van der Waals surface area contributed by atoms with E-state index in [0.717, 1.165) is 36.6 Å². The van der Waals surface area contributed by atoms with Crippen LogP contribution in [0.25, 0.3) is 0 Å². The second-order valence-corrected chi connectivity index (χ2v) is 16.6. The summed E-state index contributed by atoms with van der Waals surface area (Å²) in [7, 11) is 3.10. The minimum absolute atomic E-state index is 0.00331. The van der Waals surface area contributed by atoms with Crippen LogP contribution in [-0.4, -0.2) is 84.3 Å². The first-order valence-electron chi connectivity index (χ1n) is 20.2. The fourth-order valence-corrected chi connectivity index (χ4v) is 9.31. The summed E-state index contributed by atoms with van der Waals surface area (Å²) in [5.41, 5.74) is -0.787. The predicted octanol–water partition coefficient (Wildman–Crippen LogP) is 7.98. The molecule has 0 amide bonds. The first-order valence-corrected chi connectivity index (χ1v) is 20.2. The Morgan fingerprint density at radius 2 is 1.58 bits per heavy atom. The Bertz CT molecular complexity index is 2070. The molecule has 0 radical (unpaired) electrons. The maximum atomic E-state index is 17.3. The number of fused-ring (bicyclic) bond motifs is 2. The van der Waals surface area contributed by atoms with Gasteiger partial charge in [-0.3, -0.25) is 4.90 Å². The van der Waals surface area contributed by atoms with E-state index in [1.807, 2.05) is 29.2 Å². The van der Waals surface area contributed by atoms with Crippen molar-refractivity contribution in [3.8, 4) is 17.5 Å². The van der Waals surface area contributed by atoms with Gasteiger partial charge >= 0.3 is 12.2 Å². The molecule has 1 aromatic heterocycles. The maximum absolute atomic E-state index is 17.3. The average Bonchev–Trinajstić information content (AvgIpc) is 3.74. The van der Waals surface area contributed by atoms with Crippen molar-refractivity contribution in [1.29, 1.82) is 0 Å². The standard InChI is InChI=1S/C44H50F5N5O5/c1-42(55)16-4-18-52(26-42)40-33-25-58-37(20-35(33)50-41(51-40)59-27-43-17-5-19-54(43)24-30(45)21-43)38-34(44(47,48)49)14-15-36(39(38)46)53(22-28-6-10-31(56-2)11-7-28)23-29-8-12-32(57-3)13-9-29/h6-15,30,37,55H,4-5,16-27H2,1-3H3/t30-,37?,42?,43+/m1/s1. The Kier molecular flexibility index (Phi) is 11.4. The van der Waals surface area contributed by atoms with Gasteiger partial charge in [-0.05, 0) is 86.7 Å². The molecule has 4 aliphatic heterocycles. The number of methoxy groups -OCH3 is 2. The second kappa shape index (κ2) is 16.4. The molecule has 4 aromatic rings. The van der Waals surface area contributed by atoms with Crippen LogP contribution in [0.1, 0.15) is 78.6 Å². The number of halogens is 5. The fraction of sp³-hybridized carbons (Fsp3) is 0.500. The van der Waals surface area contributed by atoms with Crippen LogP contribution in [0.2, 0.25) is 0 Å². The summed E-state index contributed by atoms with van der Waals surface area (Å²) in [5, 5.41) is 11.0. The molecule has 3 aromatic carbocycles. The van der Waals surface area contributed by atoms with Gasteiger partial charge in [0.15, 0.2) is 5.82 Å². The van der Waals surface area contributed by atoms with Crippen molar-refractivity contribution in [3.63, 3.8) is 0 Å². The lowest BCUT2D eigenvalue weighted by Crippen LogP contribution is -2.47. The van der Waals surface area contributed by atoms with E-state index in [-0.39, 0.29) is 51.0 Å². The molecule has 316 valence electrons. The molecular weight excluding hydrogens is 774 g/mol. The summed E-state index contributed by atoms with van der Waals surface area (Å²) in [6.45, 7) is 3.98. The molecule has 0 aliphatic carbocycles. The molecule has 0 saturated carbocycles. The Labute approximate surface area is 340 Å². The van der Waals surface area contributed by atoms with E-state index in [1.54, 1.807) is 50.3 Å². The van der Waals surface area contributed by atoms with Crippen molar-refractivity contribution in [2.24, 2.45) is 0 Å². The number of β-amino-alcohol motifs (C(OH)–C–C–N with tert-alkyl or cyclic N) is 1. The molecular formula is C44H50F5N5O5. The largest absolute Gasteiger partial charge is 0.497 e. The Morgan fingerprint density at radius 1 is 0.915 bits per heavy atom. The van der Waals surface area contributed by atoms with E-state index in [1.165, 1.54) is 6.07 Å². The lowest BCUT2D eigenvalue weighted by Gasteiger charge is -2.39. The third-order valence-corrected chi connectivity index (χ3v) is 12.3. The van der Waals surface area contributed by atoms with Crippen molar-refractivity contribution < 1.29 is 46.0 Å². The topological polar surface area (TPSA) is 92.7 Å². The Morgan fingerprint density at radius 3 is 2.20 bits per heavy atom. The molecule has 10 nitrogen and oxygen atoms in total. The minimum atomic E-state index is -4.90. The Hall–Kier alpha value is -4.73. The maximum Gasteiger partial charge on any atom is 0.416 e. The minimum Gasteiger partial charge on any atom is -0.497 e. The van der Waals surface area contributed by atoms with E-state index >= 15 is 4.39 Å². The highest BCUT2D eigenvalue weighted by atomic mass is 19.4. The molecule has 15 heteroatoms. The van der Waals surface area contributed by atoms with Gasteiger partial charge in [-0.1, -0.05) is 24.3 Å². The second-order valence-electron chi connectivity index (χ2n) is 16.6. The van der Waals surface area contributed by atoms with Crippen LogP contribution >= 0.6 is 0 Å². The highest BCUT2D eigenvalue weighted by Gasteiger charge is 2.49. The zero-order chi connectivity index (χ0) is 41.5. The molecule has 4 aliphatic rings. The van der Waals surface area contributed by atoms with Gasteiger partial charge in [0, 0.05) is 56.7 Å². The number of ether oxygens (including phenoxy) is 4. The summed E-state index contributed by atoms with van der Waals surface area (Å²) < 4.78 is 99.8. The zero-order valence-electron chi connectivity index (χ0n) is 33.5. The number of piperidine rings is 1. The van der Waals surface area contributed by atoms with Crippen LogP contribution in [0.15, 0.2) is 60.7 Å². The summed E-state index contributed by atoms with van der Waals surface area (Å²) in [4.78, 5) is 15.3. The number of hydrogen-bond acceptors (Lipinski definition) is 10. The monoisotopic (exact) mass is 823 g/mol. The van der Waals surface area contributed by atoms with Crippen LogP contribution in [0.4, 0.5) is 33.5 Å². The van der Waals surface area contributed by atoms with E-state index in [4.69, 9.17) is 28.9 Å². The van der Waals surface area contributed by atoms with Gasteiger partial charge in [-0.15, -0.1) is 0 Å². The van der Waals surface area contributed by atoms with E-state index in [9.17, 15) is 22.7 Å². The lowest BCUT2D eigenvalue weighted by atomic mass is 9.92. The van der Waals surface area contributed by atoms with E-state index in [2.05, 4.69) is 4.90 Å². The van der Waals surface area contributed by atoms with Crippen LogP contribution in [0.5, 0.6) is 17.5 Å². The van der Waals surface area contributed by atoms with Crippen molar-refractivity contribution in [2.45, 2.75) is 94.7 Å². The van der Waals surface area contributed by atoms with Crippen LogP contribution in [0, 0.1) is 5.82 Å². The molecule has 3 saturated heterocycles. The third kappa shape index (κ3) is 8.64. The molecule has 1 N–H and O–H groups in total. The first kappa shape index (κ1) is 41.0. The lowest BCUT2D eigenvalue weighted by molar-refractivity contribution is -0.140. The van der Waals surface area contributed by atoms with Gasteiger partial charge in [0.2, 0.25) is 0 Å². The number of hydrogen-bond donors (Lipinski definition) is 1. The molecule has 0 spiro atoms. The summed E-state index contributed by atoms with van der Waals surface area (Å²) in [6, 6.07) is 16.5. The molecule has 8 rings (SSSR count). The number of nitrogens with zero attached hydrogens (tertiary/aromatic N) is 5. The normalized spacial score (nSPS) is 24.5. The van der Waals surface area contributed by atoms with Gasteiger partial charge in [-0.25, -0.2) is 8.78 Å². The molecule has 2 unspecified atom stereocenters. The van der Waals surface area contributed by atoms with Gasteiger partial charge in [0.1, 0.15) is 30.1 Å². The number of rotatable bonds is 12. The summed E-state index contributed by atoms with van der Waals surface area (Å²) in [5.74, 6) is 0.669. The highest BCUT2D eigenvalue weighted by molar-refractivity contribution is 5.57. The predicted molar refractivity (Wildman–Crippen MR) is 211 cm³/mol.